The number of thioether (sulfide) groups is 1. The Kier molecular flexibility index (Phi) is 3.89. The zero-order valence-corrected chi connectivity index (χ0v) is 14.1. The Hall–Kier alpha value is -1.75. The number of nitrogens with zero attached hydrogens (tertiary/aromatic N) is 2. The molecule has 2 aliphatic heterocycles. The van der Waals surface area contributed by atoms with Crippen molar-refractivity contribution in [3.8, 4) is 0 Å². The van der Waals surface area contributed by atoms with Crippen LogP contribution in [0.3, 0.4) is 0 Å². The number of fused-ring (bicyclic) bond motifs is 2. The number of rotatable bonds is 2. The minimum absolute atomic E-state index is 0.0640. The van der Waals surface area contributed by atoms with E-state index in [-0.39, 0.29) is 17.2 Å². The number of nitrogens with one attached hydrogen (secondary N) is 1. The summed E-state index contributed by atoms with van der Waals surface area (Å²) in [5.41, 5.74) is 3.57. The molecule has 5 heteroatoms. The van der Waals surface area contributed by atoms with Crippen LogP contribution in [0.2, 0.25) is 0 Å². The molecule has 0 saturated heterocycles. The van der Waals surface area contributed by atoms with Crippen LogP contribution in [0.1, 0.15) is 34.3 Å². The first-order chi connectivity index (χ1) is 11.2. The fourth-order valence-electron chi connectivity index (χ4n) is 3.59. The van der Waals surface area contributed by atoms with Crippen LogP contribution < -0.4 is 5.32 Å². The van der Waals surface area contributed by atoms with Crippen LogP contribution in [0.4, 0.5) is 0 Å². The first kappa shape index (κ1) is 14.8. The van der Waals surface area contributed by atoms with Gasteiger partial charge >= 0.3 is 0 Å². The zero-order chi connectivity index (χ0) is 15.8. The molecule has 4 nitrogen and oxygen atoms in total. The molecule has 1 N–H and O–H groups in total. The molecule has 23 heavy (non-hydrogen) atoms. The van der Waals surface area contributed by atoms with Gasteiger partial charge in [-0.3, -0.25) is 4.79 Å². The predicted octanol–water partition coefficient (Wildman–Crippen LogP) is 2.65. The van der Waals surface area contributed by atoms with Crippen LogP contribution in [0.15, 0.2) is 30.5 Å². The van der Waals surface area contributed by atoms with Gasteiger partial charge in [-0.2, -0.15) is 0 Å². The number of carbonyl (C=O) groups is 1. The molecule has 0 fully saturated rings. The molecule has 2 aliphatic rings. The van der Waals surface area contributed by atoms with Gasteiger partial charge in [0.25, 0.3) is 0 Å². The van der Waals surface area contributed by atoms with Gasteiger partial charge in [0.2, 0.25) is 5.91 Å². The van der Waals surface area contributed by atoms with E-state index >= 15 is 0 Å². The predicted molar refractivity (Wildman–Crippen MR) is 92.6 cm³/mol. The highest BCUT2D eigenvalue weighted by Crippen LogP contribution is 2.36. The molecule has 4 rings (SSSR count). The average Bonchev–Trinajstić information content (AvgIpc) is 2.93. The van der Waals surface area contributed by atoms with Gasteiger partial charge in [-0.05, 0) is 36.6 Å². The summed E-state index contributed by atoms with van der Waals surface area (Å²) in [4.78, 5) is 17.3. The number of aryl methyl sites for hydroxylation is 3. The summed E-state index contributed by atoms with van der Waals surface area (Å²) in [6, 6.07) is 8.55. The summed E-state index contributed by atoms with van der Waals surface area (Å²) in [6.45, 7) is 2.86. The first-order valence-corrected chi connectivity index (χ1v) is 9.28. The van der Waals surface area contributed by atoms with Gasteiger partial charge in [-0.25, -0.2) is 4.98 Å². The van der Waals surface area contributed by atoms with Crippen molar-refractivity contribution in [2.45, 2.75) is 44.0 Å². The van der Waals surface area contributed by atoms with Crippen molar-refractivity contribution >= 4 is 17.7 Å². The molecule has 1 aromatic heterocycles. The quantitative estimate of drug-likeness (QED) is 0.922. The minimum Gasteiger partial charge on any atom is -0.350 e. The van der Waals surface area contributed by atoms with E-state index in [4.69, 9.17) is 0 Å². The fraction of sp³-hybridized carbons (Fsp3) is 0.444. The van der Waals surface area contributed by atoms with Gasteiger partial charge in [0.15, 0.2) is 0 Å². The first-order valence-electron chi connectivity index (χ1n) is 8.23. The van der Waals surface area contributed by atoms with Crippen LogP contribution in [0, 0.1) is 6.92 Å². The lowest BCUT2D eigenvalue weighted by Gasteiger charge is -2.29. The maximum absolute atomic E-state index is 12.8. The fourth-order valence-corrected chi connectivity index (χ4v) is 4.79. The number of aromatic nitrogens is 2. The number of amides is 1. The summed E-state index contributed by atoms with van der Waals surface area (Å²) in [7, 11) is 0. The van der Waals surface area contributed by atoms with Crippen LogP contribution in [0.25, 0.3) is 0 Å². The van der Waals surface area contributed by atoms with Gasteiger partial charge in [0.05, 0.1) is 5.69 Å². The van der Waals surface area contributed by atoms with E-state index in [2.05, 4.69) is 39.3 Å². The normalized spacial score (nSPS) is 23.0. The lowest BCUT2D eigenvalue weighted by molar-refractivity contribution is -0.121. The Labute approximate surface area is 140 Å². The Bertz CT molecular complexity index is 740. The van der Waals surface area contributed by atoms with Crippen molar-refractivity contribution in [1.82, 2.24) is 14.9 Å². The second kappa shape index (κ2) is 6.04. The summed E-state index contributed by atoms with van der Waals surface area (Å²) in [5, 5.41) is 3.21. The van der Waals surface area contributed by atoms with E-state index in [1.165, 1.54) is 11.1 Å². The highest BCUT2D eigenvalue weighted by atomic mass is 32.2. The van der Waals surface area contributed by atoms with E-state index in [0.29, 0.717) is 0 Å². The third-order valence-electron chi connectivity index (χ3n) is 4.69. The van der Waals surface area contributed by atoms with E-state index in [1.807, 2.05) is 13.0 Å². The highest BCUT2D eigenvalue weighted by Gasteiger charge is 2.29. The molecule has 2 aromatic rings. The standard InChI is InChI=1S/C18H21N3OS/c1-12-10-21-11-14(6-7-16(21)19-12)20-18(22)17-15-5-3-2-4-13(15)8-9-23-17/h2-5,10,14,17H,6-9,11H2,1H3,(H,20,22)/t14-,17-/m0/s1. The summed E-state index contributed by atoms with van der Waals surface area (Å²) in [5.74, 6) is 2.32. The van der Waals surface area contributed by atoms with Gasteiger partial charge in [-0.1, -0.05) is 24.3 Å². The maximum atomic E-state index is 12.8. The van der Waals surface area contributed by atoms with Gasteiger partial charge in [-0.15, -0.1) is 11.8 Å². The Morgan fingerprint density at radius 1 is 1.35 bits per heavy atom. The Morgan fingerprint density at radius 2 is 2.22 bits per heavy atom. The molecular weight excluding hydrogens is 306 g/mol. The lowest BCUT2D eigenvalue weighted by Crippen LogP contribution is -2.43. The van der Waals surface area contributed by atoms with Crippen LogP contribution in [-0.2, 0) is 24.2 Å². The van der Waals surface area contributed by atoms with Crippen LogP contribution in [-0.4, -0.2) is 27.3 Å². The number of imidazole rings is 1. The summed E-state index contributed by atoms with van der Waals surface area (Å²) < 4.78 is 2.19. The second-order valence-electron chi connectivity index (χ2n) is 6.39. The van der Waals surface area contributed by atoms with Crippen molar-refractivity contribution in [2.75, 3.05) is 5.75 Å². The van der Waals surface area contributed by atoms with Crippen molar-refractivity contribution < 1.29 is 4.79 Å². The number of benzene rings is 1. The minimum atomic E-state index is -0.0640. The largest absolute Gasteiger partial charge is 0.350 e. The molecule has 1 aromatic carbocycles. The Balaban J connectivity index is 1.47. The topological polar surface area (TPSA) is 46.9 Å². The Morgan fingerprint density at radius 3 is 3.13 bits per heavy atom. The van der Waals surface area contributed by atoms with E-state index in [0.717, 1.165) is 43.1 Å². The van der Waals surface area contributed by atoms with E-state index in [1.54, 1.807) is 11.8 Å². The third-order valence-corrected chi connectivity index (χ3v) is 5.93. The number of hydrogen-bond acceptors (Lipinski definition) is 3. The van der Waals surface area contributed by atoms with Crippen molar-refractivity contribution in [1.29, 1.82) is 0 Å². The van der Waals surface area contributed by atoms with E-state index in [9.17, 15) is 4.79 Å². The van der Waals surface area contributed by atoms with Crippen molar-refractivity contribution in [3.63, 3.8) is 0 Å². The molecule has 0 saturated carbocycles. The third kappa shape index (κ3) is 2.90. The van der Waals surface area contributed by atoms with Crippen LogP contribution >= 0.6 is 11.8 Å². The zero-order valence-electron chi connectivity index (χ0n) is 13.3. The SMILES string of the molecule is Cc1cn2c(n1)CC[C@H](NC(=O)[C@H]1SCCc3ccccc31)C2. The molecule has 0 spiro atoms. The number of carbonyl (C=O) groups excluding carboxylic acids is 1. The lowest BCUT2D eigenvalue weighted by atomic mass is 10.0. The molecule has 3 heterocycles. The average molecular weight is 327 g/mol. The number of hydrogen-bond donors (Lipinski definition) is 1. The second-order valence-corrected chi connectivity index (χ2v) is 7.61. The highest BCUT2D eigenvalue weighted by molar-refractivity contribution is 8.00. The molecule has 0 radical (unpaired) electrons. The monoisotopic (exact) mass is 327 g/mol. The molecule has 0 unspecified atom stereocenters. The molecule has 0 aliphatic carbocycles. The molecular formula is C18H21N3OS. The van der Waals surface area contributed by atoms with E-state index < -0.39 is 0 Å². The molecule has 1 amide bonds. The van der Waals surface area contributed by atoms with Gasteiger partial charge < -0.3 is 9.88 Å². The smallest absolute Gasteiger partial charge is 0.237 e. The van der Waals surface area contributed by atoms with Crippen molar-refractivity contribution in [3.05, 3.63) is 53.1 Å². The van der Waals surface area contributed by atoms with Crippen molar-refractivity contribution in [2.24, 2.45) is 0 Å². The summed E-state index contributed by atoms with van der Waals surface area (Å²) in [6.07, 6.45) is 5.05. The molecule has 2 atom stereocenters. The maximum Gasteiger partial charge on any atom is 0.237 e. The van der Waals surface area contributed by atoms with Gasteiger partial charge in [0, 0.05) is 25.2 Å². The van der Waals surface area contributed by atoms with Gasteiger partial charge in [0.1, 0.15) is 11.1 Å². The summed E-state index contributed by atoms with van der Waals surface area (Å²) >= 11 is 1.76. The molecule has 120 valence electrons. The molecule has 0 bridgehead atoms. The van der Waals surface area contributed by atoms with Crippen LogP contribution in [0.5, 0.6) is 0 Å².